The van der Waals surface area contributed by atoms with Gasteiger partial charge in [0.05, 0.1) is 0 Å². The lowest BCUT2D eigenvalue weighted by atomic mass is 9.80. The first-order chi connectivity index (χ1) is 16.3. The van der Waals surface area contributed by atoms with Crippen LogP contribution in [-0.2, 0) is 6.42 Å². The first kappa shape index (κ1) is 25.6. The molecule has 2 aromatic rings. The van der Waals surface area contributed by atoms with Crippen molar-refractivity contribution in [3.05, 3.63) is 59.7 Å². The summed E-state index contributed by atoms with van der Waals surface area (Å²) in [5.74, 6) is 8.62. The summed E-state index contributed by atoms with van der Waals surface area (Å²) in [6, 6.07) is 18.0. The van der Waals surface area contributed by atoms with Gasteiger partial charge < -0.3 is 0 Å². The summed E-state index contributed by atoms with van der Waals surface area (Å²) in [5.41, 5.74) is 5.21. The van der Waals surface area contributed by atoms with Crippen LogP contribution >= 0.6 is 0 Å². The van der Waals surface area contributed by atoms with E-state index in [-0.39, 0.29) is 0 Å². The fourth-order valence-electron chi connectivity index (χ4n) is 5.18. The van der Waals surface area contributed by atoms with E-state index >= 15 is 0 Å². The van der Waals surface area contributed by atoms with E-state index in [1.165, 1.54) is 113 Å². The van der Waals surface area contributed by atoms with Crippen LogP contribution in [-0.4, -0.2) is 0 Å². The van der Waals surface area contributed by atoms with Crippen molar-refractivity contribution in [1.29, 1.82) is 0 Å². The molecule has 0 heterocycles. The zero-order chi connectivity index (χ0) is 23.1. The minimum Gasteiger partial charge on any atom is -0.0945 e. The van der Waals surface area contributed by atoms with E-state index in [0.717, 1.165) is 11.5 Å². The maximum absolute atomic E-state index is 3.59. The molecule has 0 amide bonds. The van der Waals surface area contributed by atoms with Crippen molar-refractivity contribution in [2.45, 2.75) is 110 Å². The Labute approximate surface area is 204 Å². The van der Waals surface area contributed by atoms with Crippen molar-refractivity contribution in [2.24, 2.45) is 11.8 Å². The highest BCUT2D eigenvalue weighted by Crippen LogP contribution is 2.32. The van der Waals surface area contributed by atoms with Crippen LogP contribution in [0.1, 0.15) is 115 Å². The zero-order valence-electron chi connectivity index (χ0n) is 21.4. The van der Waals surface area contributed by atoms with Gasteiger partial charge in [0.15, 0.2) is 0 Å². The van der Waals surface area contributed by atoms with Gasteiger partial charge in [0, 0.05) is 11.5 Å². The Kier molecular flexibility index (Phi) is 11.7. The van der Waals surface area contributed by atoms with E-state index in [2.05, 4.69) is 74.2 Å². The lowest BCUT2D eigenvalue weighted by Gasteiger charge is -2.25. The Hall–Kier alpha value is -2.00. The van der Waals surface area contributed by atoms with Crippen LogP contribution in [0.2, 0.25) is 0 Å². The SMILES string of the molecule is CCCCCCC[C@H]1CC[C@H](C#Cc2ccc(-c3ccc(CCCCCC)cc3)cc2)CC1. The van der Waals surface area contributed by atoms with Crippen LogP contribution in [0.15, 0.2) is 48.5 Å². The van der Waals surface area contributed by atoms with Crippen molar-refractivity contribution in [3.8, 4) is 23.0 Å². The van der Waals surface area contributed by atoms with Gasteiger partial charge in [-0.15, -0.1) is 0 Å². The highest BCUT2D eigenvalue weighted by molar-refractivity contribution is 5.64. The van der Waals surface area contributed by atoms with E-state index in [0.29, 0.717) is 5.92 Å². The summed E-state index contributed by atoms with van der Waals surface area (Å²) >= 11 is 0. The van der Waals surface area contributed by atoms with Gasteiger partial charge in [-0.3, -0.25) is 0 Å². The van der Waals surface area contributed by atoms with Gasteiger partial charge in [-0.2, -0.15) is 0 Å². The molecule has 0 N–H and O–H groups in total. The van der Waals surface area contributed by atoms with Crippen LogP contribution in [0, 0.1) is 23.7 Å². The predicted molar refractivity (Wildman–Crippen MR) is 145 cm³/mol. The third-order valence-electron chi connectivity index (χ3n) is 7.47. The molecule has 0 aromatic heterocycles. The molecule has 0 heteroatoms. The minimum atomic E-state index is 0.603. The van der Waals surface area contributed by atoms with Crippen LogP contribution in [0.4, 0.5) is 0 Å². The summed E-state index contributed by atoms with van der Waals surface area (Å²) in [4.78, 5) is 0. The molecule has 178 valence electrons. The molecule has 33 heavy (non-hydrogen) atoms. The first-order valence-electron chi connectivity index (χ1n) is 14.0. The van der Waals surface area contributed by atoms with Gasteiger partial charge in [0.25, 0.3) is 0 Å². The second kappa shape index (κ2) is 15.0. The average Bonchev–Trinajstić information content (AvgIpc) is 2.87. The number of aryl methyl sites for hydroxylation is 1. The Bertz CT molecular complexity index is 822. The molecule has 0 nitrogen and oxygen atoms in total. The topological polar surface area (TPSA) is 0 Å². The zero-order valence-corrected chi connectivity index (χ0v) is 21.4. The Morgan fingerprint density at radius 3 is 1.85 bits per heavy atom. The molecule has 1 fully saturated rings. The lowest BCUT2D eigenvalue weighted by Crippen LogP contribution is -2.13. The van der Waals surface area contributed by atoms with Crippen molar-refractivity contribution in [1.82, 2.24) is 0 Å². The summed E-state index contributed by atoms with van der Waals surface area (Å²) in [6.45, 7) is 4.57. The van der Waals surface area contributed by atoms with Gasteiger partial charge in [-0.1, -0.05) is 120 Å². The quantitative estimate of drug-likeness (QED) is 0.226. The van der Waals surface area contributed by atoms with Crippen molar-refractivity contribution in [2.75, 3.05) is 0 Å². The first-order valence-corrected chi connectivity index (χ1v) is 14.0. The van der Waals surface area contributed by atoms with Crippen molar-refractivity contribution >= 4 is 0 Å². The molecule has 1 aliphatic rings. The molecule has 1 aliphatic carbocycles. The second-order valence-electron chi connectivity index (χ2n) is 10.3. The van der Waals surface area contributed by atoms with Gasteiger partial charge >= 0.3 is 0 Å². The largest absolute Gasteiger partial charge is 0.0945 e. The normalized spacial score (nSPS) is 18.0. The third kappa shape index (κ3) is 9.41. The molecule has 0 radical (unpaired) electrons. The second-order valence-corrected chi connectivity index (χ2v) is 10.3. The monoisotopic (exact) mass is 442 g/mol. The van der Waals surface area contributed by atoms with Crippen LogP contribution in [0.5, 0.6) is 0 Å². The van der Waals surface area contributed by atoms with Crippen LogP contribution < -0.4 is 0 Å². The molecule has 0 atom stereocenters. The fourth-order valence-corrected chi connectivity index (χ4v) is 5.18. The van der Waals surface area contributed by atoms with Gasteiger partial charge in [-0.25, -0.2) is 0 Å². The number of hydrogen-bond acceptors (Lipinski definition) is 0. The van der Waals surface area contributed by atoms with Crippen LogP contribution in [0.25, 0.3) is 11.1 Å². The molecule has 3 rings (SSSR count). The predicted octanol–water partition coefficient (Wildman–Crippen LogP) is 9.99. The highest BCUT2D eigenvalue weighted by atomic mass is 14.2. The molecular formula is C33H46. The number of hydrogen-bond donors (Lipinski definition) is 0. The van der Waals surface area contributed by atoms with E-state index in [1.54, 1.807) is 0 Å². The molecule has 1 saturated carbocycles. The molecule has 0 unspecified atom stereocenters. The van der Waals surface area contributed by atoms with E-state index in [9.17, 15) is 0 Å². The summed E-state index contributed by atoms with van der Waals surface area (Å²) in [7, 11) is 0. The van der Waals surface area contributed by atoms with Gasteiger partial charge in [0.2, 0.25) is 0 Å². The Balaban J connectivity index is 1.41. The average molecular weight is 443 g/mol. The minimum absolute atomic E-state index is 0.603. The molecule has 2 aromatic carbocycles. The number of unbranched alkanes of at least 4 members (excludes halogenated alkanes) is 7. The molecule has 0 saturated heterocycles. The Morgan fingerprint density at radius 2 is 1.21 bits per heavy atom. The van der Waals surface area contributed by atoms with E-state index in [4.69, 9.17) is 0 Å². The highest BCUT2D eigenvalue weighted by Gasteiger charge is 2.19. The molecule has 0 spiro atoms. The van der Waals surface area contributed by atoms with Gasteiger partial charge in [0.1, 0.15) is 0 Å². The van der Waals surface area contributed by atoms with Crippen molar-refractivity contribution in [3.63, 3.8) is 0 Å². The Morgan fingerprint density at radius 1 is 0.636 bits per heavy atom. The maximum atomic E-state index is 3.59. The molecule has 0 aliphatic heterocycles. The van der Waals surface area contributed by atoms with E-state index in [1.807, 2.05) is 0 Å². The molecular weight excluding hydrogens is 396 g/mol. The third-order valence-corrected chi connectivity index (χ3v) is 7.47. The number of rotatable bonds is 12. The number of benzene rings is 2. The van der Waals surface area contributed by atoms with Crippen molar-refractivity contribution < 1.29 is 0 Å². The standard InChI is InChI=1S/C33H46/c1-3-5-7-9-11-13-28-14-16-30(17-15-28)18-19-31-22-26-33(27-23-31)32-24-20-29(21-25-32)12-10-8-6-4-2/h20-28,30H,3-17H2,1-2H3/t28-,30-. The fraction of sp³-hybridized carbons (Fsp3) is 0.576. The summed E-state index contributed by atoms with van der Waals surface area (Å²) < 4.78 is 0. The maximum Gasteiger partial charge on any atom is 0.0245 e. The lowest BCUT2D eigenvalue weighted by molar-refractivity contribution is 0.294. The van der Waals surface area contributed by atoms with Gasteiger partial charge in [-0.05, 0) is 73.3 Å². The summed E-state index contributed by atoms with van der Waals surface area (Å²) in [5, 5.41) is 0. The smallest absolute Gasteiger partial charge is 0.0245 e. The molecule has 0 bridgehead atoms. The van der Waals surface area contributed by atoms with Crippen LogP contribution in [0.3, 0.4) is 0 Å². The summed E-state index contributed by atoms with van der Waals surface area (Å²) in [6.07, 6.45) is 20.4. The van der Waals surface area contributed by atoms with E-state index < -0.39 is 0 Å².